The van der Waals surface area contributed by atoms with Gasteiger partial charge in [0.05, 0.1) is 7.11 Å². The molecule has 6 heteroatoms. The van der Waals surface area contributed by atoms with Crippen molar-refractivity contribution >= 4 is 11.8 Å². The highest BCUT2D eigenvalue weighted by Crippen LogP contribution is 2.19. The SMILES string of the molecule is COc1ccc(OCC(=O)N(Cc2ccc(C)cc2)[C@H](Cc2ccccc2)C(=O)NC(C)(C)C)cc1. The van der Waals surface area contributed by atoms with Crippen LogP contribution in [0.3, 0.4) is 0 Å². The minimum atomic E-state index is -0.708. The summed E-state index contributed by atoms with van der Waals surface area (Å²) < 4.78 is 11.0. The Morgan fingerprint density at radius 1 is 0.861 bits per heavy atom. The lowest BCUT2D eigenvalue weighted by molar-refractivity contribution is -0.143. The minimum absolute atomic E-state index is 0.188. The van der Waals surface area contributed by atoms with Gasteiger partial charge >= 0.3 is 0 Å². The summed E-state index contributed by atoms with van der Waals surface area (Å²) in [6, 6.07) is 24.1. The fourth-order valence-corrected chi connectivity index (χ4v) is 3.80. The lowest BCUT2D eigenvalue weighted by Gasteiger charge is -2.33. The van der Waals surface area contributed by atoms with Crippen molar-refractivity contribution in [2.75, 3.05) is 13.7 Å². The van der Waals surface area contributed by atoms with Gasteiger partial charge in [-0.1, -0.05) is 60.2 Å². The third-order valence-electron chi connectivity index (χ3n) is 5.66. The Balaban J connectivity index is 1.90. The fourth-order valence-electron chi connectivity index (χ4n) is 3.80. The van der Waals surface area contributed by atoms with Gasteiger partial charge < -0.3 is 19.7 Å². The molecule has 190 valence electrons. The Morgan fingerprint density at radius 2 is 1.47 bits per heavy atom. The number of carbonyl (C=O) groups excluding carboxylic acids is 2. The molecule has 0 saturated heterocycles. The van der Waals surface area contributed by atoms with Crippen molar-refractivity contribution in [3.05, 3.63) is 95.6 Å². The predicted molar refractivity (Wildman–Crippen MR) is 142 cm³/mol. The summed E-state index contributed by atoms with van der Waals surface area (Å²) in [4.78, 5) is 28.8. The van der Waals surface area contributed by atoms with E-state index in [0.717, 1.165) is 16.7 Å². The van der Waals surface area contributed by atoms with Crippen LogP contribution < -0.4 is 14.8 Å². The first-order chi connectivity index (χ1) is 17.1. The lowest BCUT2D eigenvalue weighted by Crippen LogP contribution is -2.55. The standard InChI is InChI=1S/C30H36N2O4/c1-22-11-13-24(14-12-22)20-32(28(33)21-36-26-17-15-25(35-5)16-18-26)27(29(34)31-30(2,3)4)19-23-9-7-6-8-10-23/h6-18,27H,19-21H2,1-5H3,(H,31,34)/t27-/m1/s1. The Kier molecular flexibility index (Phi) is 9.12. The Labute approximate surface area is 214 Å². The van der Waals surface area contributed by atoms with E-state index in [1.807, 2.05) is 82.3 Å². The smallest absolute Gasteiger partial charge is 0.261 e. The molecule has 3 aromatic carbocycles. The van der Waals surface area contributed by atoms with Crippen LogP contribution in [-0.4, -0.2) is 42.0 Å². The molecule has 36 heavy (non-hydrogen) atoms. The average Bonchev–Trinajstić information content (AvgIpc) is 2.85. The van der Waals surface area contributed by atoms with Crippen molar-refractivity contribution in [3.8, 4) is 11.5 Å². The van der Waals surface area contributed by atoms with Gasteiger partial charge in [-0.15, -0.1) is 0 Å². The molecule has 6 nitrogen and oxygen atoms in total. The molecule has 0 saturated carbocycles. The van der Waals surface area contributed by atoms with Gasteiger partial charge in [-0.2, -0.15) is 0 Å². The van der Waals surface area contributed by atoms with E-state index in [2.05, 4.69) is 5.32 Å². The topological polar surface area (TPSA) is 67.9 Å². The van der Waals surface area contributed by atoms with E-state index in [0.29, 0.717) is 24.5 Å². The zero-order chi connectivity index (χ0) is 26.1. The summed E-state index contributed by atoms with van der Waals surface area (Å²) >= 11 is 0. The van der Waals surface area contributed by atoms with E-state index in [-0.39, 0.29) is 18.4 Å². The zero-order valence-corrected chi connectivity index (χ0v) is 21.8. The summed E-state index contributed by atoms with van der Waals surface area (Å²) in [6.07, 6.45) is 0.392. The van der Waals surface area contributed by atoms with Gasteiger partial charge in [0.1, 0.15) is 17.5 Å². The third kappa shape index (κ3) is 8.15. The highest BCUT2D eigenvalue weighted by atomic mass is 16.5. The number of hydrogen-bond acceptors (Lipinski definition) is 4. The lowest BCUT2D eigenvalue weighted by atomic mass is 10.0. The number of methoxy groups -OCH3 is 1. The van der Waals surface area contributed by atoms with Crippen molar-refractivity contribution in [1.29, 1.82) is 0 Å². The molecule has 0 aliphatic carbocycles. The van der Waals surface area contributed by atoms with Gasteiger partial charge in [-0.05, 0) is 63.1 Å². The highest BCUT2D eigenvalue weighted by Gasteiger charge is 2.32. The van der Waals surface area contributed by atoms with Crippen LogP contribution in [0.1, 0.15) is 37.5 Å². The Morgan fingerprint density at radius 3 is 2.06 bits per heavy atom. The maximum atomic E-state index is 13.6. The molecular weight excluding hydrogens is 452 g/mol. The number of hydrogen-bond donors (Lipinski definition) is 1. The maximum absolute atomic E-state index is 13.6. The van der Waals surface area contributed by atoms with Crippen molar-refractivity contribution in [2.24, 2.45) is 0 Å². The van der Waals surface area contributed by atoms with Gasteiger partial charge in [0.15, 0.2) is 6.61 Å². The van der Waals surface area contributed by atoms with Crippen LogP contribution in [0.15, 0.2) is 78.9 Å². The van der Waals surface area contributed by atoms with Gasteiger partial charge in [-0.3, -0.25) is 9.59 Å². The molecule has 0 bridgehead atoms. The number of benzene rings is 3. The van der Waals surface area contributed by atoms with E-state index in [1.54, 1.807) is 36.3 Å². The second kappa shape index (κ2) is 12.2. The van der Waals surface area contributed by atoms with Gasteiger partial charge in [0.25, 0.3) is 5.91 Å². The summed E-state index contributed by atoms with van der Waals surface area (Å²) in [6.45, 7) is 7.92. The molecule has 0 fully saturated rings. The molecule has 0 spiro atoms. The third-order valence-corrected chi connectivity index (χ3v) is 5.66. The average molecular weight is 489 g/mol. The quantitative estimate of drug-likeness (QED) is 0.439. The van der Waals surface area contributed by atoms with E-state index >= 15 is 0 Å². The molecule has 3 rings (SSSR count). The van der Waals surface area contributed by atoms with Crippen molar-refractivity contribution in [1.82, 2.24) is 10.2 Å². The number of aryl methyl sites for hydroxylation is 1. The summed E-state index contributed by atoms with van der Waals surface area (Å²) in [5.41, 5.74) is 2.61. The number of carbonyl (C=O) groups is 2. The van der Waals surface area contributed by atoms with Crippen molar-refractivity contribution < 1.29 is 19.1 Å². The highest BCUT2D eigenvalue weighted by molar-refractivity contribution is 5.89. The molecule has 2 amide bonds. The first kappa shape index (κ1) is 26.8. The zero-order valence-electron chi connectivity index (χ0n) is 21.8. The van der Waals surface area contributed by atoms with Crippen LogP contribution in [0, 0.1) is 6.92 Å². The van der Waals surface area contributed by atoms with Crippen LogP contribution >= 0.6 is 0 Å². The van der Waals surface area contributed by atoms with Crippen LogP contribution in [-0.2, 0) is 22.6 Å². The summed E-state index contributed by atoms with van der Waals surface area (Å²) in [7, 11) is 1.60. The molecule has 1 N–H and O–H groups in total. The van der Waals surface area contributed by atoms with Crippen LogP contribution in [0.5, 0.6) is 11.5 Å². The van der Waals surface area contributed by atoms with Crippen LogP contribution in [0.2, 0.25) is 0 Å². The Bertz CT molecular complexity index is 1120. The minimum Gasteiger partial charge on any atom is -0.497 e. The van der Waals surface area contributed by atoms with Crippen molar-refractivity contribution in [2.45, 2.75) is 52.2 Å². The molecule has 1 atom stereocenters. The molecule has 0 unspecified atom stereocenters. The van der Waals surface area contributed by atoms with Crippen molar-refractivity contribution in [3.63, 3.8) is 0 Å². The molecule has 0 heterocycles. The normalized spacial score (nSPS) is 11.9. The molecular formula is C30H36N2O4. The van der Waals surface area contributed by atoms with E-state index in [4.69, 9.17) is 9.47 Å². The van der Waals surface area contributed by atoms with E-state index in [9.17, 15) is 9.59 Å². The van der Waals surface area contributed by atoms with E-state index < -0.39 is 11.6 Å². The molecule has 0 aliphatic rings. The second-order valence-electron chi connectivity index (χ2n) is 9.92. The molecule has 3 aromatic rings. The van der Waals surface area contributed by atoms with Crippen LogP contribution in [0.25, 0.3) is 0 Å². The van der Waals surface area contributed by atoms with Gasteiger partial charge in [0.2, 0.25) is 5.91 Å². The second-order valence-corrected chi connectivity index (χ2v) is 9.92. The fraction of sp³-hybridized carbons (Fsp3) is 0.333. The molecule has 0 radical (unpaired) electrons. The van der Waals surface area contributed by atoms with Crippen LogP contribution in [0.4, 0.5) is 0 Å². The number of amides is 2. The number of nitrogens with zero attached hydrogens (tertiary/aromatic N) is 1. The summed E-state index contributed by atoms with van der Waals surface area (Å²) in [5, 5.41) is 3.07. The van der Waals surface area contributed by atoms with E-state index in [1.165, 1.54) is 0 Å². The number of rotatable bonds is 10. The monoisotopic (exact) mass is 488 g/mol. The number of ether oxygens (including phenoxy) is 2. The van der Waals surface area contributed by atoms with Gasteiger partial charge in [-0.25, -0.2) is 0 Å². The predicted octanol–water partition coefficient (Wildman–Crippen LogP) is 4.94. The first-order valence-corrected chi connectivity index (χ1v) is 12.1. The Hall–Kier alpha value is -3.80. The largest absolute Gasteiger partial charge is 0.497 e. The van der Waals surface area contributed by atoms with Gasteiger partial charge in [0, 0.05) is 18.5 Å². The number of nitrogens with one attached hydrogen (secondary N) is 1. The first-order valence-electron chi connectivity index (χ1n) is 12.1. The maximum Gasteiger partial charge on any atom is 0.261 e. The molecule has 0 aliphatic heterocycles. The molecule has 0 aromatic heterocycles. The summed E-state index contributed by atoms with van der Waals surface area (Å²) in [5.74, 6) is 0.794.